The smallest absolute Gasteiger partial charge is 0.248 e. The minimum absolute atomic E-state index is 0.0664. The molecule has 2 aromatic rings. The molecular formula is C22H28F4N2OS. The van der Waals surface area contributed by atoms with E-state index < -0.39 is 17.6 Å². The molecule has 3 rings (SSSR count). The van der Waals surface area contributed by atoms with E-state index in [1.54, 1.807) is 5.38 Å². The highest BCUT2D eigenvalue weighted by atomic mass is 32.1. The molecule has 1 aliphatic rings. The van der Waals surface area contributed by atoms with Crippen molar-refractivity contribution in [3.05, 3.63) is 40.9 Å². The Balaban J connectivity index is 1.34. The van der Waals surface area contributed by atoms with Crippen molar-refractivity contribution in [1.82, 2.24) is 10.3 Å². The molecule has 2 heterocycles. The van der Waals surface area contributed by atoms with E-state index in [1.807, 2.05) is 0 Å². The van der Waals surface area contributed by atoms with Crippen LogP contribution in [0.15, 0.2) is 23.6 Å². The fourth-order valence-electron chi connectivity index (χ4n) is 3.62. The molecular weight excluding hydrogens is 416 g/mol. The monoisotopic (exact) mass is 444 g/mol. The first-order valence-electron chi connectivity index (χ1n) is 10.5. The third kappa shape index (κ3) is 7.32. The topological polar surface area (TPSA) is 34.1 Å². The van der Waals surface area contributed by atoms with E-state index >= 15 is 0 Å². The highest BCUT2D eigenvalue weighted by Crippen LogP contribution is 2.30. The van der Waals surface area contributed by atoms with Crippen molar-refractivity contribution in [3.8, 4) is 10.6 Å². The molecule has 0 spiro atoms. The number of hydrogen-bond acceptors (Lipinski definition) is 4. The fourth-order valence-corrected chi connectivity index (χ4v) is 4.42. The van der Waals surface area contributed by atoms with Gasteiger partial charge in [0.15, 0.2) is 11.6 Å². The molecule has 166 valence electrons. The first-order valence-corrected chi connectivity index (χ1v) is 11.4. The van der Waals surface area contributed by atoms with Gasteiger partial charge >= 0.3 is 0 Å². The minimum atomic E-state index is -2.66. The molecule has 1 aromatic carbocycles. The van der Waals surface area contributed by atoms with Crippen LogP contribution in [0, 0.1) is 17.6 Å². The third-order valence-electron chi connectivity index (χ3n) is 5.37. The van der Waals surface area contributed by atoms with E-state index in [0.717, 1.165) is 44.5 Å². The summed E-state index contributed by atoms with van der Waals surface area (Å²) in [5.74, 6) is -4.13. The van der Waals surface area contributed by atoms with Crippen LogP contribution < -0.4 is 5.32 Å². The number of rotatable bonds is 10. The van der Waals surface area contributed by atoms with Crippen molar-refractivity contribution in [3.63, 3.8) is 0 Å². The maximum atomic E-state index is 14.1. The van der Waals surface area contributed by atoms with E-state index in [0.29, 0.717) is 28.6 Å². The van der Waals surface area contributed by atoms with Gasteiger partial charge in [0.25, 0.3) is 0 Å². The summed E-state index contributed by atoms with van der Waals surface area (Å²) in [5.41, 5.74) is 1.14. The largest absolute Gasteiger partial charge is 0.375 e. The zero-order valence-electron chi connectivity index (χ0n) is 16.9. The Morgan fingerprint density at radius 1 is 1.17 bits per heavy atom. The van der Waals surface area contributed by atoms with Gasteiger partial charge in [-0.1, -0.05) is 6.42 Å². The van der Waals surface area contributed by atoms with Crippen LogP contribution >= 0.6 is 11.3 Å². The van der Waals surface area contributed by atoms with Crippen LogP contribution in [0.4, 0.5) is 17.6 Å². The number of benzene rings is 1. The lowest BCUT2D eigenvalue weighted by Crippen LogP contribution is -2.24. The van der Waals surface area contributed by atoms with E-state index in [-0.39, 0.29) is 32.5 Å². The zero-order chi connectivity index (χ0) is 21.4. The van der Waals surface area contributed by atoms with Gasteiger partial charge < -0.3 is 10.1 Å². The van der Waals surface area contributed by atoms with Gasteiger partial charge in [0.2, 0.25) is 5.92 Å². The Bertz CT molecular complexity index is 791. The van der Waals surface area contributed by atoms with Gasteiger partial charge in [-0.25, -0.2) is 22.5 Å². The lowest BCUT2D eigenvalue weighted by molar-refractivity contribution is -0.0304. The van der Waals surface area contributed by atoms with Crippen LogP contribution in [0.25, 0.3) is 10.6 Å². The maximum absolute atomic E-state index is 14.1. The molecule has 1 saturated heterocycles. The van der Waals surface area contributed by atoms with Gasteiger partial charge in [-0.15, -0.1) is 11.3 Å². The number of aromatic nitrogens is 1. The Kier molecular flexibility index (Phi) is 8.65. The Morgan fingerprint density at radius 3 is 2.87 bits per heavy atom. The Labute approximate surface area is 178 Å². The van der Waals surface area contributed by atoms with E-state index in [9.17, 15) is 17.6 Å². The van der Waals surface area contributed by atoms with Crippen molar-refractivity contribution in [2.45, 2.75) is 57.5 Å². The first-order chi connectivity index (χ1) is 14.4. The molecule has 1 N–H and O–H groups in total. The second-order valence-corrected chi connectivity index (χ2v) is 8.75. The van der Waals surface area contributed by atoms with Crippen LogP contribution in [0.2, 0.25) is 0 Å². The summed E-state index contributed by atoms with van der Waals surface area (Å²) in [4.78, 5) is 4.34. The summed E-state index contributed by atoms with van der Waals surface area (Å²) in [7, 11) is 0. The number of alkyl halides is 2. The molecule has 1 atom stereocenters. The minimum Gasteiger partial charge on any atom is -0.375 e. The summed E-state index contributed by atoms with van der Waals surface area (Å²) in [6, 6.07) is 3.63. The zero-order valence-corrected chi connectivity index (χ0v) is 17.8. The van der Waals surface area contributed by atoms with Crippen molar-refractivity contribution < 1.29 is 22.3 Å². The summed E-state index contributed by atoms with van der Waals surface area (Å²) < 4.78 is 60.1. The normalized spacial score (nSPS) is 17.8. The van der Waals surface area contributed by atoms with Crippen LogP contribution in [-0.4, -0.2) is 30.6 Å². The van der Waals surface area contributed by atoms with E-state index in [4.69, 9.17) is 4.74 Å². The molecule has 0 saturated carbocycles. The average molecular weight is 445 g/mol. The number of nitrogens with one attached hydrogen (secondary N) is 1. The summed E-state index contributed by atoms with van der Waals surface area (Å²) in [6.07, 6.45) is 3.89. The lowest BCUT2D eigenvalue weighted by atomic mass is 9.95. The second kappa shape index (κ2) is 11.2. The average Bonchev–Trinajstić information content (AvgIpc) is 3.03. The van der Waals surface area contributed by atoms with Gasteiger partial charge in [-0.05, 0) is 62.9 Å². The lowest BCUT2D eigenvalue weighted by Gasteiger charge is -2.20. The molecule has 0 radical (unpaired) electrons. The number of nitrogens with zero attached hydrogens (tertiary/aromatic N) is 1. The SMILES string of the molecule is Fc1ccc(-c2nc(COCCCC(F)(F)CCC3CCCCNC3)cs2)cc1F. The molecule has 1 aromatic heterocycles. The van der Waals surface area contributed by atoms with E-state index in [1.165, 1.54) is 17.4 Å². The molecule has 3 nitrogen and oxygen atoms in total. The molecule has 1 fully saturated rings. The van der Waals surface area contributed by atoms with Gasteiger partial charge in [-0.2, -0.15) is 0 Å². The molecule has 0 amide bonds. The third-order valence-corrected chi connectivity index (χ3v) is 6.31. The van der Waals surface area contributed by atoms with Crippen LogP contribution in [0.3, 0.4) is 0 Å². The molecule has 30 heavy (non-hydrogen) atoms. The molecule has 0 bridgehead atoms. The molecule has 1 unspecified atom stereocenters. The van der Waals surface area contributed by atoms with Crippen LogP contribution in [0.5, 0.6) is 0 Å². The van der Waals surface area contributed by atoms with Gasteiger partial charge in [0, 0.05) is 30.4 Å². The quantitative estimate of drug-likeness (QED) is 0.350. The first kappa shape index (κ1) is 23.2. The van der Waals surface area contributed by atoms with Crippen molar-refractivity contribution in [2.24, 2.45) is 5.92 Å². The number of hydrogen-bond donors (Lipinski definition) is 1. The van der Waals surface area contributed by atoms with Crippen molar-refractivity contribution in [1.29, 1.82) is 0 Å². The van der Waals surface area contributed by atoms with Crippen LogP contribution in [-0.2, 0) is 11.3 Å². The predicted octanol–water partition coefficient (Wildman–Crippen LogP) is 6.19. The summed E-state index contributed by atoms with van der Waals surface area (Å²) in [5, 5.41) is 5.65. The molecule has 8 heteroatoms. The van der Waals surface area contributed by atoms with E-state index in [2.05, 4.69) is 10.3 Å². The standard InChI is InChI=1S/C22H28F4N2OS/c23-19-6-5-17(12-20(19)24)21-28-18(15-30-21)14-29-11-3-8-22(25,26)9-7-16-4-1-2-10-27-13-16/h5-6,12,15-16,27H,1-4,7-11,13-14H2. The summed E-state index contributed by atoms with van der Waals surface area (Å²) >= 11 is 1.30. The Hall–Kier alpha value is -1.51. The second-order valence-electron chi connectivity index (χ2n) is 7.89. The number of halogens is 4. The van der Waals surface area contributed by atoms with Crippen molar-refractivity contribution >= 4 is 11.3 Å². The molecule has 0 aliphatic carbocycles. The molecule has 1 aliphatic heterocycles. The van der Waals surface area contributed by atoms with Crippen LogP contribution in [0.1, 0.15) is 50.6 Å². The van der Waals surface area contributed by atoms with Gasteiger partial charge in [0.1, 0.15) is 5.01 Å². The van der Waals surface area contributed by atoms with Crippen molar-refractivity contribution in [2.75, 3.05) is 19.7 Å². The predicted molar refractivity (Wildman–Crippen MR) is 111 cm³/mol. The van der Waals surface area contributed by atoms with Gasteiger partial charge in [0.05, 0.1) is 12.3 Å². The highest BCUT2D eigenvalue weighted by Gasteiger charge is 2.29. The fraction of sp³-hybridized carbons (Fsp3) is 0.591. The summed E-state index contributed by atoms with van der Waals surface area (Å²) in [6.45, 7) is 2.28. The Morgan fingerprint density at radius 2 is 2.03 bits per heavy atom. The maximum Gasteiger partial charge on any atom is 0.248 e. The number of thiazole rings is 1. The highest BCUT2D eigenvalue weighted by molar-refractivity contribution is 7.13. The number of ether oxygens (including phenoxy) is 1. The van der Waals surface area contributed by atoms with Gasteiger partial charge in [-0.3, -0.25) is 0 Å².